The Morgan fingerprint density at radius 2 is 2.09 bits per heavy atom. The van der Waals surface area contributed by atoms with E-state index in [9.17, 15) is 9.59 Å². The lowest BCUT2D eigenvalue weighted by molar-refractivity contribution is -0.137. The molecule has 124 valence electrons. The highest BCUT2D eigenvalue weighted by atomic mass is 16.5. The molecule has 0 bridgehead atoms. The molecule has 3 rings (SSSR count). The summed E-state index contributed by atoms with van der Waals surface area (Å²) in [7, 11) is 0. The van der Waals surface area contributed by atoms with Crippen LogP contribution in [0.15, 0.2) is 24.3 Å². The molecule has 1 aromatic carbocycles. The number of carboxylic acids is 1. The van der Waals surface area contributed by atoms with Crippen molar-refractivity contribution in [2.75, 3.05) is 19.7 Å². The Labute approximate surface area is 136 Å². The number of carbonyl (C=O) groups is 2. The van der Waals surface area contributed by atoms with Crippen LogP contribution in [-0.4, -0.2) is 41.6 Å². The number of likely N-dealkylation sites (tertiary alicyclic amines) is 1. The summed E-state index contributed by atoms with van der Waals surface area (Å²) < 4.78 is 5.64. The quantitative estimate of drug-likeness (QED) is 0.927. The van der Waals surface area contributed by atoms with Crippen molar-refractivity contribution in [2.45, 2.75) is 38.0 Å². The summed E-state index contributed by atoms with van der Waals surface area (Å²) >= 11 is 0. The van der Waals surface area contributed by atoms with Gasteiger partial charge in [-0.2, -0.15) is 0 Å². The first-order chi connectivity index (χ1) is 11.1. The number of nitrogens with zero attached hydrogens (tertiary/aromatic N) is 1. The van der Waals surface area contributed by atoms with Crippen LogP contribution < -0.4 is 4.74 Å². The highest BCUT2D eigenvalue weighted by molar-refractivity contribution is 5.85. The molecule has 1 N–H and O–H groups in total. The number of para-hydroxylation sites is 1. The molecule has 2 aliphatic rings. The van der Waals surface area contributed by atoms with E-state index in [0.29, 0.717) is 31.9 Å². The maximum absolute atomic E-state index is 13.0. The van der Waals surface area contributed by atoms with Crippen molar-refractivity contribution in [1.82, 2.24) is 4.90 Å². The molecule has 2 heterocycles. The van der Waals surface area contributed by atoms with E-state index in [0.717, 1.165) is 30.7 Å². The predicted molar refractivity (Wildman–Crippen MR) is 85.5 cm³/mol. The second-order valence-electron chi connectivity index (χ2n) is 6.45. The van der Waals surface area contributed by atoms with Gasteiger partial charge in [0.15, 0.2) is 0 Å². The number of hydrogen-bond donors (Lipinski definition) is 1. The number of hydrogen-bond acceptors (Lipinski definition) is 3. The topological polar surface area (TPSA) is 66.8 Å². The van der Waals surface area contributed by atoms with Gasteiger partial charge >= 0.3 is 5.97 Å². The molecule has 0 aromatic heterocycles. The second kappa shape index (κ2) is 7.02. The summed E-state index contributed by atoms with van der Waals surface area (Å²) in [6, 6.07) is 7.76. The zero-order chi connectivity index (χ0) is 16.2. The van der Waals surface area contributed by atoms with Gasteiger partial charge in [0, 0.05) is 25.1 Å². The van der Waals surface area contributed by atoms with Crippen LogP contribution in [0, 0.1) is 5.92 Å². The Bertz CT molecular complexity index is 586. The van der Waals surface area contributed by atoms with Gasteiger partial charge in [0.25, 0.3) is 0 Å². The Balaban J connectivity index is 1.67. The fourth-order valence-corrected chi connectivity index (χ4v) is 3.65. The van der Waals surface area contributed by atoms with Crippen LogP contribution in [0.1, 0.15) is 43.6 Å². The summed E-state index contributed by atoms with van der Waals surface area (Å²) in [6.45, 7) is 2.04. The highest BCUT2D eigenvalue weighted by Gasteiger charge is 2.33. The van der Waals surface area contributed by atoms with Crippen molar-refractivity contribution >= 4 is 11.9 Å². The largest absolute Gasteiger partial charge is 0.493 e. The molecule has 5 heteroatoms. The van der Waals surface area contributed by atoms with Gasteiger partial charge in [-0.05, 0) is 37.7 Å². The van der Waals surface area contributed by atoms with E-state index in [1.54, 1.807) is 0 Å². The monoisotopic (exact) mass is 317 g/mol. The number of amides is 1. The molecule has 23 heavy (non-hydrogen) atoms. The summed E-state index contributed by atoms with van der Waals surface area (Å²) in [6.07, 6.45) is 3.53. The molecule has 0 spiro atoms. The van der Waals surface area contributed by atoms with Gasteiger partial charge < -0.3 is 14.7 Å². The van der Waals surface area contributed by atoms with E-state index < -0.39 is 5.97 Å². The van der Waals surface area contributed by atoms with Crippen LogP contribution in [0.5, 0.6) is 5.75 Å². The number of carboxylic acid groups (broad SMARTS) is 1. The van der Waals surface area contributed by atoms with Gasteiger partial charge in [0.05, 0.1) is 12.5 Å². The van der Waals surface area contributed by atoms with Gasteiger partial charge in [0.2, 0.25) is 5.91 Å². The molecular formula is C18H23NO4. The van der Waals surface area contributed by atoms with E-state index in [2.05, 4.69) is 0 Å². The van der Waals surface area contributed by atoms with Gasteiger partial charge in [-0.3, -0.25) is 9.59 Å². The first kappa shape index (κ1) is 15.8. The van der Waals surface area contributed by atoms with E-state index in [1.807, 2.05) is 29.2 Å². The number of carbonyl (C=O) groups excluding carboxylic acids is 1. The Morgan fingerprint density at radius 1 is 1.26 bits per heavy atom. The minimum atomic E-state index is -0.758. The lowest BCUT2D eigenvalue weighted by Gasteiger charge is -2.36. The van der Waals surface area contributed by atoms with Crippen LogP contribution >= 0.6 is 0 Å². The first-order valence-corrected chi connectivity index (χ1v) is 8.37. The van der Waals surface area contributed by atoms with Crippen LogP contribution in [-0.2, 0) is 9.59 Å². The van der Waals surface area contributed by atoms with Crippen molar-refractivity contribution in [3.8, 4) is 5.75 Å². The number of ether oxygens (including phenoxy) is 1. The molecule has 0 aliphatic carbocycles. The fraction of sp³-hybridized carbons (Fsp3) is 0.556. The summed E-state index contributed by atoms with van der Waals surface area (Å²) in [5.41, 5.74) is 0.983. The van der Waals surface area contributed by atoms with Crippen molar-refractivity contribution in [3.05, 3.63) is 29.8 Å². The fourth-order valence-electron chi connectivity index (χ4n) is 3.65. The van der Waals surface area contributed by atoms with Crippen LogP contribution in [0.3, 0.4) is 0 Å². The standard InChI is InChI=1S/C18H23NO4/c20-17(21)8-7-13-4-3-10-19(12-13)18(22)15-9-11-23-16-6-2-1-5-14(15)16/h1-2,5-6,13,15H,3-4,7-12H2,(H,20,21)/t13-,15+/m1/s1. The zero-order valence-electron chi connectivity index (χ0n) is 13.2. The SMILES string of the molecule is O=C(O)CC[C@H]1CCCN(C(=O)[C@H]2CCOc3ccccc32)C1. The normalized spacial score (nSPS) is 23.7. The van der Waals surface area contributed by atoms with Gasteiger partial charge in [0.1, 0.15) is 5.75 Å². The maximum Gasteiger partial charge on any atom is 0.303 e. The molecule has 1 saturated heterocycles. The zero-order valence-corrected chi connectivity index (χ0v) is 13.2. The Hall–Kier alpha value is -2.04. The maximum atomic E-state index is 13.0. The molecule has 0 radical (unpaired) electrons. The molecule has 0 saturated carbocycles. The number of benzene rings is 1. The third kappa shape index (κ3) is 3.66. The van der Waals surface area contributed by atoms with Crippen molar-refractivity contribution < 1.29 is 19.4 Å². The van der Waals surface area contributed by atoms with Gasteiger partial charge in [-0.1, -0.05) is 18.2 Å². The summed E-state index contributed by atoms with van der Waals surface area (Å²) in [5.74, 6) is 0.404. The molecule has 2 atom stereocenters. The van der Waals surface area contributed by atoms with Crippen LogP contribution in [0.4, 0.5) is 0 Å². The van der Waals surface area contributed by atoms with E-state index in [-0.39, 0.29) is 18.2 Å². The van der Waals surface area contributed by atoms with E-state index >= 15 is 0 Å². The first-order valence-electron chi connectivity index (χ1n) is 8.37. The third-order valence-electron chi connectivity index (χ3n) is 4.85. The number of piperidine rings is 1. The number of aliphatic carboxylic acids is 1. The highest BCUT2D eigenvalue weighted by Crippen LogP contribution is 2.35. The molecule has 1 aromatic rings. The third-order valence-corrected chi connectivity index (χ3v) is 4.85. The van der Waals surface area contributed by atoms with Crippen molar-refractivity contribution in [1.29, 1.82) is 0 Å². The number of rotatable bonds is 4. The van der Waals surface area contributed by atoms with Crippen molar-refractivity contribution in [2.24, 2.45) is 5.92 Å². The molecule has 1 fully saturated rings. The molecular weight excluding hydrogens is 294 g/mol. The van der Waals surface area contributed by atoms with E-state index in [1.165, 1.54) is 0 Å². The van der Waals surface area contributed by atoms with Gasteiger partial charge in [-0.15, -0.1) is 0 Å². The summed E-state index contributed by atoms with van der Waals surface area (Å²) in [5, 5.41) is 8.84. The molecule has 1 amide bonds. The minimum Gasteiger partial charge on any atom is -0.493 e. The molecule has 0 unspecified atom stereocenters. The van der Waals surface area contributed by atoms with Crippen LogP contribution in [0.2, 0.25) is 0 Å². The molecule has 5 nitrogen and oxygen atoms in total. The number of fused-ring (bicyclic) bond motifs is 1. The summed E-state index contributed by atoms with van der Waals surface area (Å²) in [4.78, 5) is 25.6. The van der Waals surface area contributed by atoms with Crippen molar-refractivity contribution in [3.63, 3.8) is 0 Å². The predicted octanol–water partition coefficient (Wildman–Crippen LogP) is 2.66. The van der Waals surface area contributed by atoms with Crippen LogP contribution in [0.25, 0.3) is 0 Å². The van der Waals surface area contributed by atoms with E-state index in [4.69, 9.17) is 9.84 Å². The Kier molecular flexibility index (Phi) is 4.84. The van der Waals surface area contributed by atoms with Gasteiger partial charge in [-0.25, -0.2) is 0 Å². The average molecular weight is 317 g/mol. The Morgan fingerprint density at radius 3 is 2.91 bits per heavy atom. The lowest BCUT2D eigenvalue weighted by Crippen LogP contribution is -2.43. The second-order valence-corrected chi connectivity index (χ2v) is 6.45. The smallest absolute Gasteiger partial charge is 0.303 e. The minimum absolute atomic E-state index is 0.127. The molecule has 2 aliphatic heterocycles. The average Bonchev–Trinajstić information content (AvgIpc) is 2.59. The lowest BCUT2D eigenvalue weighted by atomic mass is 9.89.